The van der Waals surface area contributed by atoms with Crippen LogP contribution in [-0.2, 0) is 17.8 Å². The second-order valence-corrected chi connectivity index (χ2v) is 11.5. The Hall–Kier alpha value is -3.10. The van der Waals surface area contributed by atoms with Gasteiger partial charge in [0.1, 0.15) is 5.82 Å². The first-order chi connectivity index (χ1) is 19.2. The summed E-state index contributed by atoms with van der Waals surface area (Å²) in [4.78, 5) is 29.4. The second-order valence-electron chi connectivity index (χ2n) is 10.6. The first-order valence-electron chi connectivity index (χ1n) is 14.0. The number of carbonyl (C=O) groups excluding carboxylic acids is 1. The quantitative estimate of drug-likeness (QED) is 0.175. The van der Waals surface area contributed by atoms with E-state index in [2.05, 4.69) is 19.2 Å². The van der Waals surface area contributed by atoms with Crippen LogP contribution in [0.2, 0.25) is 10.0 Å². The molecule has 8 nitrogen and oxygen atoms in total. The van der Waals surface area contributed by atoms with Crippen LogP contribution in [0.1, 0.15) is 76.2 Å². The van der Waals surface area contributed by atoms with Crippen LogP contribution in [-0.4, -0.2) is 25.5 Å². The van der Waals surface area contributed by atoms with Gasteiger partial charge in [-0.2, -0.15) is 0 Å². The summed E-state index contributed by atoms with van der Waals surface area (Å²) in [5, 5.41) is 25.7. The highest BCUT2D eigenvalue weighted by molar-refractivity contribution is 6.36. The van der Waals surface area contributed by atoms with Gasteiger partial charge in [-0.25, -0.2) is 4.98 Å². The number of aromatic nitrogens is 2. The zero-order valence-corrected chi connectivity index (χ0v) is 24.4. The van der Waals surface area contributed by atoms with Crippen molar-refractivity contribution in [1.82, 2.24) is 14.9 Å². The van der Waals surface area contributed by atoms with Crippen molar-refractivity contribution in [3.05, 3.63) is 74.1 Å². The fourth-order valence-electron chi connectivity index (χ4n) is 5.45. The Morgan fingerprint density at radius 1 is 1.18 bits per heavy atom. The molecule has 1 aliphatic carbocycles. The number of nitrogens with zero attached hydrogens (tertiary/aromatic N) is 3. The lowest BCUT2D eigenvalue weighted by atomic mass is 9.80. The van der Waals surface area contributed by atoms with E-state index in [9.17, 15) is 20.0 Å². The molecule has 10 heteroatoms. The largest absolute Gasteiger partial charge is 0.502 e. The van der Waals surface area contributed by atoms with E-state index in [1.165, 1.54) is 12.1 Å². The summed E-state index contributed by atoms with van der Waals surface area (Å²) in [6.07, 6.45) is 8.97. The molecule has 1 fully saturated rings. The van der Waals surface area contributed by atoms with E-state index < -0.39 is 16.7 Å². The minimum atomic E-state index is -0.610. The number of halogens is 2. The molecule has 1 heterocycles. The molecule has 0 aliphatic heterocycles. The zero-order chi connectivity index (χ0) is 28.8. The average molecular weight is 588 g/mol. The molecule has 1 saturated carbocycles. The standard InChI is InChI=1S/C30H36Cl2N4O4/c1-3-5-14-35-18-26(23-12-11-22(31)17-24(23)32)33-29(35)25(15-20-8-13-28(37)27(16-20)36(39)40)34-30(38)21-9-6-19(4-2)7-10-21/h8,11-13,16-19,21,25,37H,3-7,9-10,14-15H2,1-2H3,(H,34,38)/t19?,21?,25-/m0/s1. The number of amides is 1. The molecule has 214 valence electrons. The highest BCUT2D eigenvalue weighted by atomic mass is 35.5. The van der Waals surface area contributed by atoms with Crippen molar-refractivity contribution in [1.29, 1.82) is 0 Å². The number of nitrogens with one attached hydrogen (secondary N) is 1. The third-order valence-corrected chi connectivity index (χ3v) is 8.41. The maximum atomic E-state index is 13.6. The van der Waals surface area contributed by atoms with Crippen molar-refractivity contribution < 1.29 is 14.8 Å². The minimum Gasteiger partial charge on any atom is -0.502 e. The monoisotopic (exact) mass is 586 g/mol. The number of imidazole rings is 1. The molecular weight excluding hydrogens is 551 g/mol. The number of benzene rings is 2. The Labute approximate surface area is 244 Å². The van der Waals surface area contributed by atoms with Crippen molar-refractivity contribution in [3.63, 3.8) is 0 Å². The summed E-state index contributed by atoms with van der Waals surface area (Å²) in [7, 11) is 0. The van der Waals surface area contributed by atoms with Crippen molar-refractivity contribution in [3.8, 4) is 17.0 Å². The smallest absolute Gasteiger partial charge is 0.310 e. The average Bonchev–Trinajstić information content (AvgIpc) is 3.36. The molecule has 0 radical (unpaired) electrons. The van der Waals surface area contributed by atoms with Crippen molar-refractivity contribution >= 4 is 34.8 Å². The number of unbranched alkanes of at least 4 members (excludes halogenated alkanes) is 1. The number of hydrogen-bond acceptors (Lipinski definition) is 5. The number of nitro groups is 1. The van der Waals surface area contributed by atoms with E-state index >= 15 is 0 Å². The van der Waals surface area contributed by atoms with Crippen LogP contribution < -0.4 is 5.32 Å². The van der Waals surface area contributed by atoms with Gasteiger partial charge >= 0.3 is 5.69 Å². The Bertz CT molecular complexity index is 1350. The van der Waals surface area contributed by atoms with Crippen LogP contribution >= 0.6 is 23.2 Å². The highest BCUT2D eigenvalue weighted by Gasteiger charge is 2.30. The van der Waals surface area contributed by atoms with Gasteiger partial charge in [-0.05, 0) is 67.9 Å². The molecule has 0 bridgehead atoms. The van der Waals surface area contributed by atoms with Gasteiger partial charge in [0.25, 0.3) is 0 Å². The topological polar surface area (TPSA) is 110 Å². The lowest BCUT2D eigenvalue weighted by molar-refractivity contribution is -0.385. The van der Waals surface area contributed by atoms with Crippen LogP contribution in [0, 0.1) is 22.0 Å². The minimum absolute atomic E-state index is 0.0241. The number of carbonyl (C=O) groups is 1. The summed E-state index contributed by atoms with van der Waals surface area (Å²) < 4.78 is 2.04. The van der Waals surface area contributed by atoms with Gasteiger partial charge in [0.05, 0.1) is 21.7 Å². The van der Waals surface area contributed by atoms with Gasteiger partial charge in [-0.3, -0.25) is 14.9 Å². The molecule has 2 N–H and O–H groups in total. The Kier molecular flexibility index (Phi) is 10.1. The molecule has 3 aromatic rings. The predicted octanol–water partition coefficient (Wildman–Crippen LogP) is 7.89. The third kappa shape index (κ3) is 7.15. The van der Waals surface area contributed by atoms with Gasteiger partial charge in [0.15, 0.2) is 5.75 Å². The lowest BCUT2D eigenvalue weighted by Gasteiger charge is -2.29. The molecule has 40 heavy (non-hydrogen) atoms. The summed E-state index contributed by atoms with van der Waals surface area (Å²) in [5.74, 6) is 0.816. The number of rotatable bonds is 11. The highest BCUT2D eigenvalue weighted by Crippen LogP contribution is 2.34. The maximum absolute atomic E-state index is 13.6. The van der Waals surface area contributed by atoms with E-state index in [0.717, 1.165) is 50.5 Å². The van der Waals surface area contributed by atoms with Gasteiger partial charge in [-0.1, -0.05) is 56.0 Å². The van der Waals surface area contributed by atoms with E-state index in [0.29, 0.717) is 39.6 Å². The summed E-state index contributed by atoms with van der Waals surface area (Å²) in [5.41, 5.74) is 1.63. The Morgan fingerprint density at radius 2 is 1.93 bits per heavy atom. The van der Waals surface area contributed by atoms with Crippen molar-refractivity contribution in [2.75, 3.05) is 0 Å². The first kappa shape index (κ1) is 29.9. The number of nitro benzene ring substituents is 1. The van der Waals surface area contributed by atoms with Gasteiger partial charge < -0.3 is 15.0 Å². The van der Waals surface area contributed by atoms with Crippen LogP contribution in [0.25, 0.3) is 11.3 Å². The third-order valence-electron chi connectivity index (χ3n) is 7.87. The normalized spacial score (nSPS) is 17.9. The fourth-order valence-corrected chi connectivity index (χ4v) is 5.96. The molecule has 0 saturated heterocycles. The summed E-state index contributed by atoms with van der Waals surface area (Å²) >= 11 is 12.6. The number of aryl methyl sites for hydroxylation is 1. The molecule has 1 aromatic heterocycles. The molecule has 1 aliphatic rings. The predicted molar refractivity (Wildman–Crippen MR) is 158 cm³/mol. The number of hydrogen-bond donors (Lipinski definition) is 2. The van der Waals surface area contributed by atoms with Gasteiger partial charge in [-0.15, -0.1) is 0 Å². The van der Waals surface area contributed by atoms with E-state index in [1.807, 2.05) is 16.8 Å². The van der Waals surface area contributed by atoms with Crippen LogP contribution in [0.5, 0.6) is 5.75 Å². The number of phenolic OH excluding ortho intramolecular Hbond substituents is 1. The summed E-state index contributed by atoms with van der Waals surface area (Å²) in [6, 6.07) is 9.03. The summed E-state index contributed by atoms with van der Waals surface area (Å²) in [6.45, 7) is 4.99. The molecule has 2 aromatic carbocycles. The Balaban J connectivity index is 1.72. The SMILES string of the molecule is CCCCn1cc(-c2ccc(Cl)cc2Cl)nc1[C@H](Cc1ccc(O)c([N+](=O)[O-])c1)NC(=O)C1CCC(CC)CC1. The number of aromatic hydroxyl groups is 1. The molecule has 1 atom stereocenters. The van der Waals surface area contributed by atoms with Crippen molar-refractivity contribution in [2.24, 2.45) is 11.8 Å². The van der Waals surface area contributed by atoms with Crippen LogP contribution in [0.3, 0.4) is 0 Å². The van der Waals surface area contributed by atoms with E-state index in [-0.39, 0.29) is 23.9 Å². The van der Waals surface area contributed by atoms with Crippen molar-refractivity contribution in [2.45, 2.75) is 77.8 Å². The lowest BCUT2D eigenvalue weighted by Crippen LogP contribution is -2.37. The zero-order valence-electron chi connectivity index (χ0n) is 22.9. The Morgan fingerprint density at radius 3 is 2.58 bits per heavy atom. The molecular formula is C30H36Cl2N4O4. The molecule has 1 amide bonds. The van der Waals surface area contributed by atoms with Crippen LogP contribution in [0.4, 0.5) is 5.69 Å². The van der Waals surface area contributed by atoms with E-state index in [4.69, 9.17) is 28.2 Å². The molecule has 0 spiro atoms. The number of phenols is 1. The first-order valence-corrected chi connectivity index (χ1v) is 14.7. The molecule has 4 rings (SSSR count). The van der Waals surface area contributed by atoms with E-state index in [1.54, 1.807) is 18.2 Å². The van der Waals surface area contributed by atoms with Gasteiger partial charge in [0, 0.05) is 41.7 Å². The molecule has 0 unspecified atom stereocenters. The van der Waals surface area contributed by atoms with Gasteiger partial charge in [0.2, 0.25) is 5.91 Å². The van der Waals surface area contributed by atoms with Crippen LogP contribution in [0.15, 0.2) is 42.6 Å². The fraction of sp³-hybridized carbons (Fsp3) is 0.467. The maximum Gasteiger partial charge on any atom is 0.310 e. The second kappa shape index (κ2) is 13.5.